The molecule has 2 N–H and O–H groups in total. The topological polar surface area (TPSA) is 40.5 Å². The SMILES string of the molecule is CC(C)(S)C(C)(C)C(O)O.[V]. The van der Waals surface area contributed by atoms with Gasteiger partial charge in [0, 0.05) is 28.7 Å². The van der Waals surface area contributed by atoms with E-state index in [-0.39, 0.29) is 23.3 Å². The second-order valence-electron chi connectivity index (χ2n) is 3.65. The first kappa shape index (κ1) is 14.4. The molecule has 0 heterocycles. The van der Waals surface area contributed by atoms with Crippen molar-refractivity contribution in [3.05, 3.63) is 0 Å². The number of hydrogen-bond donors (Lipinski definition) is 3. The molecule has 4 heteroatoms. The summed E-state index contributed by atoms with van der Waals surface area (Å²) in [6, 6.07) is 0. The molecule has 1 radical (unpaired) electrons. The average Bonchev–Trinajstić information content (AvgIpc) is 1.62. The maximum absolute atomic E-state index is 8.92. The Morgan fingerprint density at radius 2 is 1.36 bits per heavy atom. The van der Waals surface area contributed by atoms with Gasteiger partial charge < -0.3 is 10.2 Å². The first-order chi connectivity index (χ1) is 4.19. The van der Waals surface area contributed by atoms with Crippen LogP contribution in [0.2, 0.25) is 0 Å². The summed E-state index contributed by atoms with van der Waals surface area (Å²) in [5, 5.41) is 17.8. The maximum Gasteiger partial charge on any atom is 0.157 e. The van der Waals surface area contributed by atoms with Crippen molar-refractivity contribution in [1.29, 1.82) is 0 Å². The summed E-state index contributed by atoms with van der Waals surface area (Å²) in [6.45, 7) is 7.25. The third-order valence-corrected chi connectivity index (χ3v) is 2.80. The van der Waals surface area contributed by atoms with Crippen LogP contribution in [0.1, 0.15) is 27.7 Å². The molecule has 0 aromatic carbocycles. The minimum atomic E-state index is -1.32. The van der Waals surface area contributed by atoms with Crippen LogP contribution < -0.4 is 0 Å². The van der Waals surface area contributed by atoms with Crippen LogP contribution in [-0.2, 0) is 18.6 Å². The molecular weight excluding hydrogens is 199 g/mol. The van der Waals surface area contributed by atoms with Gasteiger partial charge in [-0.05, 0) is 0 Å². The first-order valence-corrected chi connectivity index (χ1v) is 3.73. The van der Waals surface area contributed by atoms with Crippen molar-refractivity contribution in [3.8, 4) is 0 Å². The second kappa shape index (κ2) is 4.19. The average molecular weight is 215 g/mol. The third kappa shape index (κ3) is 3.39. The molecule has 0 saturated carbocycles. The van der Waals surface area contributed by atoms with Crippen molar-refractivity contribution in [2.45, 2.75) is 38.7 Å². The minimum absolute atomic E-state index is 0. The van der Waals surface area contributed by atoms with Gasteiger partial charge in [0.2, 0.25) is 0 Å². The van der Waals surface area contributed by atoms with Crippen LogP contribution in [0.4, 0.5) is 0 Å². The summed E-state index contributed by atoms with van der Waals surface area (Å²) in [5.41, 5.74) is -0.587. The van der Waals surface area contributed by atoms with Gasteiger partial charge in [0.05, 0.1) is 0 Å². The Hall–Kier alpha value is 0.854. The molecule has 11 heavy (non-hydrogen) atoms. The van der Waals surface area contributed by atoms with Crippen LogP contribution in [-0.4, -0.2) is 21.3 Å². The maximum atomic E-state index is 8.92. The Morgan fingerprint density at radius 3 is 1.36 bits per heavy atom. The van der Waals surface area contributed by atoms with Crippen LogP contribution in [0.25, 0.3) is 0 Å². The van der Waals surface area contributed by atoms with Crippen molar-refractivity contribution in [2.24, 2.45) is 5.41 Å². The zero-order valence-corrected chi connectivity index (χ0v) is 9.66. The molecule has 0 atom stereocenters. The molecular formula is C7H16O2SV. The van der Waals surface area contributed by atoms with Crippen LogP contribution >= 0.6 is 12.6 Å². The summed E-state index contributed by atoms with van der Waals surface area (Å²) in [4.78, 5) is 0. The van der Waals surface area contributed by atoms with Crippen molar-refractivity contribution in [2.75, 3.05) is 0 Å². The van der Waals surface area contributed by atoms with E-state index in [9.17, 15) is 0 Å². The van der Waals surface area contributed by atoms with Crippen LogP contribution in [0.15, 0.2) is 0 Å². The number of aliphatic hydroxyl groups excluding tert-OH is 1. The van der Waals surface area contributed by atoms with Gasteiger partial charge in [0.15, 0.2) is 6.29 Å². The molecule has 0 aromatic heterocycles. The normalized spacial score (nSPS) is 13.1. The zero-order chi connectivity index (χ0) is 8.58. The second-order valence-corrected chi connectivity index (χ2v) is 4.77. The summed E-state index contributed by atoms with van der Waals surface area (Å²) < 4.78 is -0.388. The first-order valence-electron chi connectivity index (χ1n) is 3.28. The van der Waals surface area contributed by atoms with Crippen LogP contribution in [0.5, 0.6) is 0 Å². The molecule has 0 aliphatic carbocycles. The number of aliphatic hydroxyl groups is 2. The van der Waals surface area contributed by atoms with E-state index in [0.717, 1.165) is 0 Å². The van der Waals surface area contributed by atoms with Gasteiger partial charge in [-0.2, -0.15) is 12.6 Å². The van der Waals surface area contributed by atoms with Gasteiger partial charge in [0.25, 0.3) is 0 Å². The summed E-state index contributed by atoms with van der Waals surface area (Å²) >= 11 is 4.25. The number of rotatable bonds is 2. The molecule has 0 aromatic rings. The van der Waals surface area contributed by atoms with Crippen molar-refractivity contribution in [3.63, 3.8) is 0 Å². The molecule has 0 aliphatic rings. The molecule has 0 saturated heterocycles. The molecule has 0 bridgehead atoms. The van der Waals surface area contributed by atoms with E-state index in [2.05, 4.69) is 12.6 Å². The third-order valence-electron chi connectivity index (χ3n) is 2.22. The van der Waals surface area contributed by atoms with E-state index >= 15 is 0 Å². The van der Waals surface area contributed by atoms with E-state index in [0.29, 0.717) is 0 Å². The largest absolute Gasteiger partial charge is 0.368 e. The fourth-order valence-corrected chi connectivity index (χ4v) is 0.431. The van der Waals surface area contributed by atoms with E-state index in [1.807, 2.05) is 13.8 Å². The van der Waals surface area contributed by atoms with Crippen LogP contribution in [0, 0.1) is 5.41 Å². The Morgan fingerprint density at radius 1 is 1.09 bits per heavy atom. The van der Waals surface area contributed by atoms with Gasteiger partial charge in [0.1, 0.15) is 0 Å². The van der Waals surface area contributed by atoms with Gasteiger partial charge >= 0.3 is 0 Å². The monoisotopic (exact) mass is 215 g/mol. The molecule has 0 aliphatic heterocycles. The van der Waals surface area contributed by atoms with E-state index in [1.165, 1.54) is 0 Å². The molecule has 67 valence electrons. The number of thiol groups is 1. The molecule has 0 fully saturated rings. The Kier molecular flexibility index (Phi) is 5.48. The predicted molar refractivity (Wildman–Crippen MR) is 45.1 cm³/mol. The van der Waals surface area contributed by atoms with E-state index in [1.54, 1.807) is 13.8 Å². The Bertz CT molecular complexity index is 118. The van der Waals surface area contributed by atoms with Gasteiger partial charge in [-0.1, -0.05) is 27.7 Å². The standard InChI is InChI=1S/C7H16O2S.V/c1-6(2,5(8)9)7(3,4)10;/h5,8-10H,1-4H3;. The molecule has 0 spiro atoms. The van der Waals surface area contributed by atoms with Crippen molar-refractivity contribution in [1.82, 2.24) is 0 Å². The smallest absolute Gasteiger partial charge is 0.157 e. The number of hydrogen-bond acceptors (Lipinski definition) is 3. The molecule has 0 unspecified atom stereocenters. The Balaban J connectivity index is 0. The quantitative estimate of drug-likeness (QED) is 0.475. The van der Waals surface area contributed by atoms with E-state index in [4.69, 9.17) is 10.2 Å². The summed E-state index contributed by atoms with van der Waals surface area (Å²) in [6.07, 6.45) is -1.32. The van der Waals surface area contributed by atoms with Gasteiger partial charge in [-0.15, -0.1) is 0 Å². The van der Waals surface area contributed by atoms with Crippen molar-refractivity contribution < 1.29 is 28.8 Å². The minimum Gasteiger partial charge on any atom is -0.368 e. The summed E-state index contributed by atoms with van der Waals surface area (Å²) in [7, 11) is 0. The molecule has 0 amide bonds. The molecule has 0 rings (SSSR count). The molecule has 2 nitrogen and oxygen atoms in total. The van der Waals surface area contributed by atoms with Gasteiger partial charge in [-0.3, -0.25) is 0 Å². The fourth-order valence-electron chi connectivity index (χ4n) is 0.316. The van der Waals surface area contributed by atoms with Gasteiger partial charge in [-0.25, -0.2) is 0 Å². The van der Waals surface area contributed by atoms with Crippen molar-refractivity contribution >= 4 is 12.6 Å². The zero-order valence-electron chi connectivity index (χ0n) is 7.37. The fraction of sp³-hybridized carbons (Fsp3) is 1.00. The Labute approximate surface area is 85.7 Å². The van der Waals surface area contributed by atoms with Crippen LogP contribution in [0.3, 0.4) is 0 Å². The summed E-state index contributed by atoms with van der Waals surface area (Å²) in [5.74, 6) is 0. The predicted octanol–water partition coefficient (Wildman–Crippen LogP) is 1.03. The van der Waals surface area contributed by atoms with E-state index < -0.39 is 11.7 Å².